The van der Waals surface area contributed by atoms with E-state index in [0.29, 0.717) is 16.7 Å². The SMILES string of the molecule is CC(=O)C(N=Nc1c(C#N)cnn1-c1ncccn1)C(=O)Nc1ccc2[nH]c(=O)[nH]c2c1. The summed E-state index contributed by atoms with van der Waals surface area (Å²) in [4.78, 5) is 49.4. The number of anilines is 1. The number of carbonyl (C=O) groups excluding carboxylic acids is 2. The van der Waals surface area contributed by atoms with Crippen LogP contribution in [0.25, 0.3) is 17.0 Å². The molecule has 0 aliphatic heterocycles. The van der Waals surface area contributed by atoms with Crippen molar-refractivity contribution < 1.29 is 9.59 Å². The molecule has 1 amide bonds. The van der Waals surface area contributed by atoms with Gasteiger partial charge in [-0.05, 0) is 31.2 Å². The molecule has 13 nitrogen and oxygen atoms in total. The minimum Gasteiger partial charge on any atom is -0.324 e. The lowest BCUT2D eigenvalue weighted by Crippen LogP contribution is -2.31. The van der Waals surface area contributed by atoms with Crippen LogP contribution < -0.4 is 11.0 Å². The quantitative estimate of drug-likeness (QED) is 0.304. The number of ketones is 1. The van der Waals surface area contributed by atoms with E-state index in [9.17, 15) is 19.6 Å². The number of hydrogen-bond acceptors (Lipinski definition) is 9. The minimum atomic E-state index is -1.48. The largest absolute Gasteiger partial charge is 0.324 e. The maximum atomic E-state index is 12.7. The van der Waals surface area contributed by atoms with Crippen molar-refractivity contribution in [3.63, 3.8) is 0 Å². The van der Waals surface area contributed by atoms with Gasteiger partial charge in [0, 0.05) is 18.1 Å². The van der Waals surface area contributed by atoms with Gasteiger partial charge in [0.05, 0.1) is 17.2 Å². The number of nitrogens with zero attached hydrogens (tertiary/aromatic N) is 7. The van der Waals surface area contributed by atoms with Crippen LogP contribution in [0.3, 0.4) is 0 Å². The zero-order chi connectivity index (χ0) is 22.7. The first-order chi connectivity index (χ1) is 15.5. The minimum absolute atomic E-state index is 0.0240. The van der Waals surface area contributed by atoms with Crippen LogP contribution >= 0.6 is 0 Å². The van der Waals surface area contributed by atoms with E-state index in [1.165, 1.54) is 36.3 Å². The average Bonchev–Trinajstić information content (AvgIpc) is 3.36. The highest BCUT2D eigenvalue weighted by Gasteiger charge is 2.24. The molecule has 0 fully saturated rings. The summed E-state index contributed by atoms with van der Waals surface area (Å²) in [6, 6.07) is 6.74. The van der Waals surface area contributed by atoms with Crippen LogP contribution in [0.4, 0.5) is 11.5 Å². The number of Topliss-reactive ketones (excluding diaryl/α,β-unsaturated/α-hetero) is 1. The molecule has 0 spiro atoms. The molecule has 1 unspecified atom stereocenters. The molecule has 4 rings (SSSR count). The smallest absolute Gasteiger partial charge is 0.323 e. The molecular weight excluding hydrogens is 416 g/mol. The van der Waals surface area contributed by atoms with E-state index in [1.54, 1.807) is 18.2 Å². The Kier molecular flexibility index (Phi) is 5.33. The van der Waals surface area contributed by atoms with Gasteiger partial charge in [0.2, 0.25) is 6.04 Å². The second-order valence-electron chi connectivity index (χ2n) is 6.51. The Bertz CT molecular complexity index is 1440. The number of benzene rings is 1. The van der Waals surface area contributed by atoms with Gasteiger partial charge in [0.25, 0.3) is 11.9 Å². The third kappa shape index (κ3) is 4.00. The second kappa shape index (κ2) is 8.40. The van der Waals surface area contributed by atoms with Gasteiger partial charge in [0.1, 0.15) is 11.6 Å². The van der Waals surface area contributed by atoms with Crippen LogP contribution in [0, 0.1) is 11.3 Å². The molecule has 32 heavy (non-hydrogen) atoms. The maximum absolute atomic E-state index is 12.7. The number of hydrogen-bond donors (Lipinski definition) is 3. The monoisotopic (exact) mass is 430 g/mol. The third-order valence-electron chi connectivity index (χ3n) is 4.29. The first-order valence-electron chi connectivity index (χ1n) is 9.16. The molecule has 3 N–H and O–H groups in total. The lowest BCUT2D eigenvalue weighted by molar-refractivity contribution is -0.126. The fourth-order valence-electron chi connectivity index (χ4n) is 2.82. The molecule has 0 aliphatic rings. The molecule has 1 aromatic carbocycles. The number of rotatable bonds is 6. The highest BCUT2D eigenvalue weighted by Crippen LogP contribution is 2.22. The summed E-state index contributed by atoms with van der Waals surface area (Å²) >= 11 is 0. The van der Waals surface area contributed by atoms with Gasteiger partial charge in [0.15, 0.2) is 11.6 Å². The zero-order valence-corrected chi connectivity index (χ0v) is 16.5. The Morgan fingerprint density at radius 2 is 1.97 bits per heavy atom. The predicted molar refractivity (Wildman–Crippen MR) is 110 cm³/mol. The lowest BCUT2D eigenvalue weighted by atomic mass is 10.2. The van der Waals surface area contributed by atoms with E-state index in [4.69, 9.17) is 0 Å². The summed E-state index contributed by atoms with van der Waals surface area (Å²) in [5.41, 5.74) is 1.08. The number of aromatic nitrogens is 6. The van der Waals surface area contributed by atoms with Gasteiger partial charge in [-0.25, -0.2) is 14.8 Å². The number of nitriles is 1. The number of imidazole rings is 1. The van der Waals surface area contributed by atoms with Crippen molar-refractivity contribution in [3.05, 3.63) is 58.9 Å². The highest BCUT2D eigenvalue weighted by atomic mass is 16.2. The zero-order valence-electron chi connectivity index (χ0n) is 16.5. The second-order valence-corrected chi connectivity index (χ2v) is 6.51. The van der Waals surface area contributed by atoms with E-state index in [1.807, 2.05) is 6.07 Å². The summed E-state index contributed by atoms with van der Waals surface area (Å²) in [5.74, 6) is -1.19. The Morgan fingerprint density at radius 1 is 1.22 bits per heavy atom. The first kappa shape index (κ1) is 20.3. The van der Waals surface area contributed by atoms with E-state index in [-0.39, 0.29) is 23.0 Å². The summed E-state index contributed by atoms with van der Waals surface area (Å²) in [6.07, 6.45) is 4.22. The standard InChI is InChI=1S/C19H14N10O3/c1-10(30)15(17(31)24-12-3-4-13-14(7-12)26-19(32)25-13)27-28-16-11(8-20)9-23-29(16)18-21-5-2-6-22-18/h2-7,9,15H,1H3,(H,24,31)(H2,25,26,32). The van der Waals surface area contributed by atoms with Gasteiger partial charge < -0.3 is 15.3 Å². The fourth-order valence-corrected chi connectivity index (χ4v) is 2.82. The van der Waals surface area contributed by atoms with Crippen LogP contribution in [0.2, 0.25) is 0 Å². The molecule has 0 aliphatic carbocycles. The van der Waals surface area contributed by atoms with Crippen molar-refractivity contribution in [2.75, 3.05) is 5.32 Å². The van der Waals surface area contributed by atoms with Gasteiger partial charge in [-0.15, -0.1) is 5.11 Å². The Labute approximate surface area is 178 Å². The summed E-state index contributed by atoms with van der Waals surface area (Å²) < 4.78 is 1.17. The number of fused-ring (bicyclic) bond motifs is 1. The average molecular weight is 430 g/mol. The van der Waals surface area contributed by atoms with E-state index < -0.39 is 17.7 Å². The Morgan fingerprint density at radius 3 is 2.69 bits per heavy atom. The Balaban J connectivity index is 1.61. The first-order valence-corrected chi connectivity index (χ1v) is 9.16. The molecule has 3 heterocycles. The van der Waals surface area contributed by atoms with Gasteiger partial charge >= 0.3 is 5.69 Å². The fraction of sp³-hybridized carbons (Fsp3) is 0.105. The van der Waals surface area contributed by atoms with Crippen molar-refractivity contribution in [1.29, 1.82) is 5.26 Å². The van der Waals surface area contributed by atoms with E-state index in [0.717, 1.165) is 0 Å². The predicted octanol–water partition coefficient (Wildman–Crippen LogP) is 1.38. The van der Waals surface area contributed by atoms with Gasteiger partial charge in [-0.2, -0.15) is 20.2 Å². The van der Waals surface area contributed by atoms with Crippen molar-refractivity contribution in [2.45, 2.75) is 13.0 Å². The van der Waals surface area contributed by atoms with Crippen molar-refractivity contribution in [1.82, 2.24) is 29.7 Å². The van der Waals surface area contributed by atoms with Crippen molar-refractivity contribution in [3.8, 4) is 12.0 Å². The Hall–Kier alpha value is -4.99. The van der Waals surface area contributed by atoms with Crippen LogP contribution in [0.5, 0.6) is 0 Å². The van der Waals surface area contributed by atoms with Gasteiger partial charge in [-0.1, -0.05) is 0 Å². The lowest BCUT2D eigenvalue weighted by Gasteiger charge is -2.09. The van der Waals surface area contributed by atoms with Crippen LogP contribution in [-0.4, -0.2) is 47.4 Å². The van der Waals surface area contributed by atoms with Crippen LogP contribution in [-0.2, 0) is 9.59 Å². The number of amides is 1. The molecule has 3 aromatic heterocycles. The number of azo groups is 1. The molecule has 13 heteroatoms. The highest BCUT2D eigenvalue weighted by molar-refractivity contribution is 6.10. The number of aromatic amines is 2. The molecule has 158 valence electrons. The molecular formula is C19H14N10O3. The molecule has 0 saturated carbocycles. The third-order valence-corrected chi connectivity index (χ3v) is 4.29. The number of carbonyl (C=O) groups is 2. The molecule has 4 aromatic rings. The molecule has 0 saturated heterocycles. The van der Waals surface area contributed by atoms with E-state index >= 15 is 0 Å². The molecule has 1 atom stereocenters. The topological polar surface area (TPSA) is 187 Å². The summed E-state index contributed by atoms with van der Waals surface area (Å²) in [7, 11) is 0. The summed E-state index contributed by atoms with van der Waals surface area (Å²) in [6.45, 7) is 1.19. The number of nitrogens with one attached hydrogen (secondary N) is 3. The summed E-state index contributed by atoms with van der Waals surface area (Å²) in [5, 5.41) is 23.7. The van der Waals surface area contributed by atoms with Crippen LogP contribution in [0.1, 0.15) is 12.5 Å². The van der Waals surface area contributed by atoms with Crippen molar-refractivity contribution in [2.24, 2.45) is 10.2 Å². The van der Waals surface area contributed by atoms with Crippen molar-refractivity contribution >= 4 is 34.2 Å². The molecule has 0 bridgehead atoms. The normalized spacial score (nSPS) is 12.0. The van der Waals surface area contributed by atoms with Crippen LogP contribution in [0.15, 0.2) is 57.9 Å². The maximum Gasteiger partial charge on any atom is 0.323 e. The molecule has 0 radical (unpaired) electrons. The van der Waals surface area contributed by atoms with Gasteiger partial charge in [-0.3, -0.25) is 9.59 Å². The van der Waals surface area contributed by atoms with E-state index in [2.05, 4.69) is 40.6 Å². The number of H-pyrrole nitrogens is 2.